The molecule has 0 spiro atoms. The highest BCUT2D eigenvalue weighted by Crippen LogP contribution is 2.17. The molecule has 0 aliphatic rings. The number of imidazole rings is 1. The second-order valence-electron chi connectivity index (χ2n) is 5.46. The molecule has 128 valence electrons. The molecule has 0 saturated heterocycles. The summed E-state index contributed by atoms with van der Waals surface area (Å²) < 4.78 is 3.74. The van der Waals surface area contributed by atoms with E-state index in [2.05, 4.69) is 9.98 Å². The maximum absolute atomic E-state index is 12.3. The lowest BCUT2D eigenvalue weighted by Crippen LogP contribution is -2.37. The van der Waals surface area contributed by atoms with Gasteiger partial charge in [0.2, 0.25) is 5.95 Å². The molecule has 10 nitrogen and oxygen atoms in total. The van der Waals surface area contributed by atoms with Crippen molar-refractivity contribution in [2.45, 2.75) is 0 Å². The zero-order valence-corrected chi connectivity index (χ0v) is 13.7. The lowest BCUT2D eigenvalue weighted by Gasteiger charge is -2.02. The van der Waals surface area contributed by atoms with Crippen LogP contribution in [0.15, 0.2) is 38.8 Å². The number of nitrogens with zero attached hydrogens (tertiary/aromatic N) is 6. The fourth-order valence-corrected chi connectivity index (χ4v) is 2.47. The largest absolute Gasteiger partial charge is 0.332 e. The number of aliphatic imine (C=N–C) groups is 1. The van der Waals surface area contributed by atoms with Crippen molar-refractivity contribution >= 4 is 29.0 Å². The summed E-state index contributed by atoms with van der Waals surface area (Å²) in [5, 5.41) is 10.8. The first kappa shape index (κ1) is 16.3. The second kappa shape index (κ2) is 5.82. The second-order valence-corrected chi connectivity index (χ2v) is 5.46. The summed E-state index contributed by atoms with van der Waals surface area (Å²) in [5.74, 6) is 0.208. The SMILES string of the molecule is Cn1c(=O)c2c(nc(N=Cc3cccc([N+](=O)[O-])c3)n2C)n(C)c1=O. The number of nitro groups is 1. The Hall–Kier alpha value is -3.56. The molecule has 0 saturated carbocycles. The van der Waals surface area contributed by atoms with Crippen molar-refractivity contribution in [2.75, 3.05) is 0 Å². The van der Waals surface area contributed by atoms with Crippen LogP contribution in [0.5, 0.6) is 0 Å². The predicted octanol–water partition coefficient (Wildman–Crippen LogP) is 0.629. The fourth-order valence-electron chi connectivity index (χ4n) is 2.47. The number of rotatable bonds is 3. The fraction of sp³-hybridized carbons (Fsp3) is 0.200. The molecule has 0 unspecified atom stereocenters. The number of nitro benzene ring substituents is 1. The highest BCUT2D eigenvalue weighted by molar-refractivity contribution is 5.83. The van der Waals surface area contributed by atoms with Crippen molar-refractivity contribution in [2.24, 2.45) is 26.1 Å². The number of aromatic nitrogens is 4. The summed E-state index contributed by atoms with van der Waals surface area (Å²) in [4.78, 5) is 43.0. The standard InChI is InChI=1S/C15H14N6O4/c1-18-11-12(19(2)15(23)20(3)13(11)22)17-14(18)16-8-9-5-4-6-10(7-9)21(24)25/h4-8H,1-3H3. The predicted molar refractivity (Wildman–Crippen MR) is 91.5 cm³/mol. The molecule has 0 aliphatic carbocycles. The van der Waals surface area contributed by atoms with Gasteiger partial charge in [-0.15, -0.1) is 0 Å². The van der Waals surface area contributed by atoms with E-state index in [1.165, 1.54) is 41.6 Å². The van der Waals surface area contributed by atoms with Gasteiger partial charge in [-0.1, -0.05) is 12.1 Å². The quantitative estimate of drug-likeness (QED) is 0.393. The Morgan fingerprint density at radius 1 is 1.16 bits per heavy atom. The van der Waals surface area contributed by atoms with Gasteiger partial charge in [-0.25, -0.2) is 9.79 Å². The van der Waals surface area contributed by atoms with Crippen LogP contribution in [-0.4, -0.2) is 29.8 Å². The van der Waals surface area contributed by atoms with Crippen molar-refractivity contribution in [3.8, 4) is 0 Å². The van der Waals surface area contributed by atoms with E-state index in [-0.39, 0.29) is 22.8 Å². The molecular weight excluding hydrogens is 328 g/mol. The van der Waals surface area contributed by atoms with Gasteiger partial charge in [0.05, 0.1) is 4.92 Å². The van der Waals surface area contributed by atoms with Gasteiger partial charge in [0.25, 0.3) is 11.2 Å². The van der Waals surface area contributed by atoms with E-state index in [0.717, 1.165) is 4.57 Å². The number of fused-ring (bicyclic) bond motifs is 1. The van der Waals surface area contributed by atoms with Crippen molar-refractivity contribution < 1.29 is 4.92 Å². The number of benzene rings is 1. The molecule has 0 atom stereocenters. The van der Waals surface area contributed by atoms with Crippen LogP contribution in [0.3, 0.4) is 0 Å². The molecule has 0 bridgehead atoms. The minimum Gasteiger partial charge on any atom is -0.306 e. The lowest BCUT2D eigenvalue weighted by molar-refractivity contribution is -0.384. The van der Waals surface area contributed by atoms with Crippen LogP contribution >= 0.6 is 0 Å². The van der Waals surface area contributed by atoms with Crippen molar-refractivity contribution in [1.82, 2.24) is 18.7 Å². The monoisotopic (exact) mass is 342 g/mol. The summed E-state index contributed by atoms with van der Waals surface area (Å²) in [6, 6.07) is 5.97. The molecule has 0 amide bonds. The van der Waals surface area contributed by atoms with Gasteiger partial charge < -0.3 is 4.57 Å². The first-order valence-electron chi connectivity index (χ1n) is 7.22. The smallest absolute Gasteiger partial charge is 0.306 e. The van der Waals surface area contributed by atoms with E-state index >= 15 is 0 Å². The third-order valence-corrected chi connectivity index (χ3v) is 3.86. The van der Waals surface area contributed by atoms with Crippen LogP contribution in [0.1, 0.15) is 5.56 Å². The Morgan fingerprint density at radius 2 is 1.88 bits per heavy atom. The van der Waals surface area contributed by atoms with Crippen LogP contribution in [0, 0.1) is 10.1 Å². The Morgan fingerprint density at radius 3 is 2.56 bits per heavy atom. The molecule has 3 aromatic rings. The number of hydrogen-bond acceptors (Lipinski definition) is 6. The molecule has 2 aromatic heterocycles. The summed E-state index contributed by atoms with van der Waals surface area (Å²) >= 11 is 0. The zero-order valence-electron chi connectivity index (χ0n) is 13.7. The van der Waals surface area contributed by atoms with Crippen LogP contribution in [-0.2, 0) is 21.1 Å². The van der Waals surface area contributed by atoms with Crippen molar-refractivity contribution in [3.63, 3.8) is 0 Å². The molecule has 0 fully saturated rings. The van der Waals surface area contributed by atoms with E-state index in [4.69, 9.17) is 0 Å². The van der Waals surface area contributed by atoms with Gasteiger partial charge in [0, 0.05) is 39.5 Å². The van der Waals surface area contributed by atoms with Crippen molar-refractivity contribution in [3.05, 3.63) is 60.8 Å². The minimum atomic E-state index is -0.494. The van der Waals surface area contributed by atoms with Gasteiger partial charge in [-0.3, -0.25) is 24.0 Å². The first-order valence-corrected chi connectivity index (χ1v) is 7.22. The van der Waals surface area contributed by atoms with E-state index < -0.39 is 16.2 Å². The molecule has 1 aromatic carbocycles. The third kappa shape index (κ3) is 2.63. The molecule has 2 heterocycles. The average molecular weight is 342 g/mol. The number of hydrogen-bond donors (Lipinski definition) is 0. The van der Waals surface area contributed by atoms with Crippen LogP contribution in [0.25, 0.3) is 11.2 Å². The summed E-state index contributed by atoms with van der Waals surface area (Å²) in [5.41, 5.74) is -0.0134. The molecule has 25 heavy (non-hydrogen) atoms. The molecule has 3 rings (SSSR count). The van der Waals surface area contributed by atoms with E-state index in [1.807, 2.05) is 0 Å². The minimum absolute atomic E-state index is 0.0507. The van der Waals surface area contributed by atoms with Crippen LogP contribution in [0.4, 0.5) is 11.6 Å². The third-order valence-electron chi connectivity index (χ3n) is 3.86. The van der Waals surface area contributed by atoms with Crippen LogP contribution in [0.2, 0.25) is 0 Å². The maximum Gasteiger partial charge on any atom is 0.332 e. The van der Waals surface area contributed by atoms with Gasteiger partial charge in [-0.05, 0) is 5.56 Å². The summed E-state index contributed by atoms with van der Waals surface area (Å²) in [6.45, 7) is 0. The Kier molecular flexibility index (Phi) is 3.79. The molecule has 0 N–H and O–H groups in total. The molecule has 10 heteroatoms. The van der Waals surface area contributed by atoms with Crippen LogP contribution < -0.4 is 11.2 Å². The van der Waals surface area contributed by atoms with E-state index in [9.17, 15) is 19.7 Å². The highest BCUT2D eigenvalue weighted by atomic mass is 16.6. The molecule has 0 aliphatic heterocycles. The normalized spacial score (nSPS) is 11.5. The number of non-ortho nitro benzene ring substituents is 1. The number of aryl methyl sites for hydroxylation is 2. The van der Waals surface area contributed by atoms with Gasteiger partial charge in [-0.2, -0.15) is 4.98 Å². The Bertz CT molecular complexity index is 1150. The topological polar surface area (TPSA) is 117 Å². The van der Waals surface area contributed by atoms with E-state index in [1.54, 1.807) is 19.2 Å². The average Bonchev–Trinajstić information content (AvgIpc) is 2.93. The van der Waals surface area contributed by atoms with Crippen molar-refractivity contribution in [1.29, 1.82) is 0 Å². The Balaban J connectivity index is 2.13. The maximum atomic E-state index is 12.3. The summed E-state index contributed by atoms with van der Waals surface area (Å²) in [6.07, 6.45) is 1.41. The zero-order chi connectivity index (χ0) is 18.3. The summed E-state index contributed by atoms with van der Waals surface area (Å²) in [7, 11) is 4.52. The highest BCUT2D eigenvalue weighted by Gasteiger charge is 2.16. The van der Waals surface area contributed by atoms with Gasteiger partial charge in [0.1, 0.15) is 0 Å². The van der Waals surface area contributed by atoms with E-state index in [0.29, 0.717) is 5.56 Å². The lowest BCUT2D eigenvalue weighted by atomic mass is 10.2. The molecular formula is C15H14N6O4. The molecule has 0 radical (unpaired) electrons. The Labute approximate surface area is 140 Å². The van der Waals surface area contributed by atoms with Gasteiger partial charge >= 0.3 is 5.69 Å². The first-order chi connectivity index (χ1) is 11.8. The van der Waals surface area contributed by atoms with Gasteiger partial charge in [0.15, 0.2) is 11.2 Å².